The lowest BCUT2D eigenvalue weighted by Crippen LogP contribution is -2.21. The average Bonchev–Trinajstić information content (AvgIpc) is 2.58. The Hall–Kier alpha value is -2.28. The van der Waals surface area contributed by atoms with Gasteiger partial charge in [-0.1, -0.05) is 12.1 Å². The fraction of sp³-hybridized carbons (Fsp3) is 0. The Morgan fingerprint density at radius 3 is 2.59 bits per heavy atom. The number of nitro groups is 1. The third-order valence-corrected chi connectivity index (χ3v) is 2.36. The largest absolute Gasteiger partial charge is 0.328 e. The van der Waals surface area contributed by atoms with Crippen molar-refractivity contribution in [3.63, 3.8) is 0 Å². The molecule has 1 aliphatic heterocycles. The molecule has 7 heteroatoms. The van der Waals surface area contributed by atoms with Gasteiger partial charge in [-0.2, -0.15) is 0 Å². The van der Waals surface area contributed by atoms with Crippen LogP contribution in [0, 0.1) is 10.1 Å². The number of rotatable bonds is 2. The minimum Gasteiger partial charge on any atom is -0.328 e. The first-order valence-corrected chi connectivity index (χ1v) is 5.06. The predicted molar refractivity (Wildman–Crippen MR) is 64.9 cm³/mol. The first-order chi connectivity index (χ1) is 8.08. The minimum absolute atomic E-state index is 0.0626. The Labute approximate surface area is 101 Å². The van der Waals surface area contributed by atoms with Gasteiger partial charge in [-0.3, -0.25) is 20.2 Å². The molecule has 86 valence electrons. The number of nitro benzene ring substituents is 1. The summed E-state index contributed by atoms with van der Waals surface area (Å²) in [5, 5.41) is 16.0. The van der Waals surface area contributed by atoms with E-state index in [-0.39, 0.29) is 16.5 Å². The fourth-order valence-corrected chi connectivity index (χ4v) is 1.62. The zero-order valence-electron chi connectivity index (χ0n) is 8.47. The van der Waals surface area contributed by atoms with E-state index in [1.54, 1.807) is 18.2 Å². The summed E-state index contributed by atoms with van der Waals surface area (Å²) >= 11 is 4.76. The SMILES string of the molecule is O=C1NC(=S)N/C1=C\c1ccccc1[N+](=O)[O-]. The lowest BCUT2D eigenvalue weighted by molar-refractivity contribution is -0.385. The van der Waals surface area contributed by atoms with E-state index in [2.05, 4.69) is 10.6 Å². The van der Waals surface area contributed by atoms with Gasteiger partial charge in [0.2, 0.25) is 0 Å². The van der Waals surface area contributed by atoms with Gasteiger partial charge in [0.25, 0.3) is 11.6 Å². The van der Waals surface area contributed by atoms with E-state index in [1.165, 1.54) is 12.1 Å². The molecule has 0 aliphatic carbocycles. The highest BCUT2D eigenvalue weighted by molar-refractivity contribution is 7.80. The van der Waals surface area contributed by atoms with Gasteiger partial charge in [0, 0.05) is 6.07 Å². The first-order valence-electron chi connectivity index (χ1n) is 4.65. The van der Waals surface area contributed by atoms with Crippen LogP contribution in [-0.2, 0) is 4.79 Å². The Kier molecular flexibility index (Phi) is 2.84. The van der Waals surface area contributed by atoms with Gasteiger partial charge in [-0.15, -0.1) is 0 Å². The summed E-state index contributed by atoms with van der Waals surface area (Å²) in [6.07, 6.45) is 1.40. The predicted octanol–water partition coefficient (Wildman–Crippen LogP) is 0.940. The Morgan fingerprint density at radius 1 is 1.29 bits per heavy atom. The molecule has 0 unspecified atom stereocenters. The summed E-state index contributed by atoms with van der Waals surface area (Å²) in [6.45, 7) is 0. The molecule has 1 aromatic carbocycles. The molecule has 0 saturated carbocycles. The second-order valence-electron chi connectivity index (χ2n) is 3.28. The van der Waals surface area contributed by atoms with Crippen LogP contribution in [0.15, 0.2) is 30.0 Å². The van der Waals surface area contributed by atoms with Crippen LogP contribution in [0.2, 0.25) is 0 Å². The molecule has 0 aromatic heterocycles. The molecule has 0 bridgehead atoms. The van der Waals surface area contributed by atoms with Crippen molar-refractivity contribution in [2.24, 2.45) is 0 Å². The standard InChI is InChI=1S/C10H7N3O3S/c14-9-7(11-10(17)12-9)5-6-3-1-2-4-8(6)13(15)16/h1-5H,(H2,11,12,14,17)/b7-5-. The van der Waals surface area contributed by atoms with E-state index in [9.17, 15) is 14.9 Å². The summed E-state index contributed by atoms with van der Waals surface area (Å²) in [7, 11) is 0. The molecule has 17 heavy (non-hydrogen) atoms. The highest BCUT2D eigenvalue weighted by Gasteiger charge is 2.21. The van der Waals surface area contributed by atoms with Gasteiger partial charge in [-0.05, 0) is 24.4 Å². The van der Waals surface area contributed by atoms with Crippen molar-refractivity contribution in [2.45, 2.75) is 0 Å². The fourth-order valence-electron chi connectivity index (χ4n) is 1.41. The Balaban J connectivity index is 2.42. The smallest absolute Gasteiger partial charge is 0.276 e. The number of para-hydroxylation sites is 1. The van der Waals surface area contributed by atoms with Crippen LogP contribution in [0.4, 0.5) is 5.69 Å². The van der Waals surface area contributed by atoms with Crippen molar-refractivity contribution < 1.29 is 9.72 Å². The molecule has 2 rings (SSSR count). The van der Waals surface area contributed by atoms with Crippen molar-refractivity contribution >= 4 is 35.0 Å². The van der Waals surface area contributed by atoms with Gasteiger partial charge in [-0.25, -0.2) is 0 Å². The molecular formula is C10H7N3O3S. The topological polar surface area (TPSA) is 84.3 Å². The molecule has 6 nitrogen and oxygen atoms in total. The van der Waals surface area contributed by atoms with Crippen molar-refractivity contribution in [3.8, 4) is 0 Å². The minimum atomic E-state index is -0.502. The molecule has 1 fully saturated rings. The van der Waals surface area contributed by atoms with E-state index < -0.39 is 10.8 Å². The number of carbonyl (C=O) groups is 1. The van der Waals surface area contributed by atoms with Gasteiger partial charge in [0.1, 0.15) is 5.70 Å². The first kappa shape index (κ1) is 11.2. The lowest BCUT2D eigenvalue weighted by Gasteiger charge is -1.98. The second kappa shape index (κ2) is 4.30. The Morgan fingerprint density at radius 2 is 2.00 bits per heavy atom. The molecule has 1 amide bonds. The van der Waals surface area contributed by atoms with Gasteiger partial charge in [0.15, 0.2) is 5.11 Å². The van der Waals surface area contributed by atoms with Crippen LogP contribution >= 0.6 is 12.2 Å². The number of carbonyl (C=O) groups excluding carboxylic acids is 1. The van der Waals surface area contributed by atoms with Gasteiger partial charge < -0.3 is 5.32 Å². The number of amides is 1. The third-order valence-electron chi connectivity index (χ3n) is 2.15. The normalized spacial score (nSPS) is 16.8. The maximum atomic E-state index is 11.4. The van der Waals surface area contributed by atoms with Crippen LogP contribution in [0.1, 0.15) is 5.56 Å². The maximum absolute atomic E-state index is 11.4. The van der Waals surface area contributed by atoms with Crippen molar-refractivity contribution in [2.75, 3.05) is 0 Å². The number of nitrogens with one attached hydrogen (secondary N) is 2. The van der Waals surface area contributed by atoms with Crippen molar-refractivity contribution in [1.29, 1.82) is 0 Å². The average molecular weight is 249 g/mol. The number of thiocarbonyl (C=S) groups is 1. The van der Waals surface area contributed by atoms with Crippen molar-refractivity contribution in [1.82, 2.24) is 10.6 Å². The lowest BCUT2D eigenvalue weighted by atomic mass is 10.1. The molecule has 2 N–H and O–H groups in total. The molecule has 0 atom stereocenters. The van der Waals surface area contributed by atoms with E-state index >= 15 is 0 Å². The molecule has 1 aliphatic rings. The number of hydrogen-bond acceptors (Lipinski definition) is 4. The summed E-state index contributed by atoms with van der Waals surface area (Å²) in [5.41, 5.74) is 0.483. The van der Waals surface area contributed by atoms with E-state index in [0.717, 1.165) is 0 Å². The van der Waals surface area contributed by atoms with E-state index in [4.69, 9.17) is 12.2 Å². The summed E-state index contributed by atoms with van der Waals surface area (Å²) < 4.78 is 0. The highest BCUT2D eigenvalue weighted by Crippen LogP contribution is 2.20. The van der Waals surface area contributed by atoms with Gasteiger partial charge >= 0.3 is 0 Å². The van der Waals surface area contributed by atoms with Crippen molar-refractivity contribution in [3.05, 3.63) is 45.6 Å². The monoisotopic (exact) mass is 249 g/mol. The molecule has 1 saturated heterocycles. The zero-order valence-corrected chi connectivity index (χ0v) is 9.28. The number of hydrogen-bond donors (Lipinski definition) is 2. The van der Waals surface area contributed by atoms with Gasteiger partial charge in [0.05, 0.1) is 10.5 Å². The third kappa shape index (κ3) is 2.28. The maximum Gasteiger partial charge on any atom is 0.276 e. The molecule has 0 radical (unpaired) electrons. The van der Waals surface area contributed by atoms with E-state index in [0.29, 0.717) is 5.56 Å². The molecule has 1 aromatic rings. The van der Waals surface area contributed by atoms with E-state index in [1.807, 2.05) is 0 Å². The molecule has 0 spiro atoms. The second-order valence-corrected chi connectivity index (χ2v) is 3.69. The van der Waals surface area contributed by atoms with Crippen LogP contribution < -0.4 is 10.6 Å². The molecular weight excluding hydrogens is 242 g/mol. The number of nitrogens with zero attached hydrogens (tertiary/aromatic N) is 1. The highest BCUT2D eigenvalue weighted by atomic mass is 32.1. The quantitative estimate of drug-likeness (QED) is 0.352. The summed E-state index contributed by atoms with van der Waals surface area (Å²) in [6, 6.07) is 6.15. The molecule has 1 heterocycles. The van der Waals surface area contributed by atoms with Crippen LogP contribution in [0.5, 0.6) is 0 Å². The van der Waals surface area contributed by atoms with Crippen LogP contribution in [-0.4, -0.2) is 15.9 Å². The van der Waals surface area contributed by atoms with Crippen LogP contribution in [0.3, 0.4) is 0 Å². The number of benzene rings is 1. The Bertz CT molecular complexity index is 553. The summed E-state index contributed by atoms with van der Waals surface area (Å²) in [5.74, 6) is -0.395. The summed E-state index contributed by atoms with van der Waals surface area (Å²) in [4.78, 5) is 21.6. The zero-order chi connectivity index (χ0) is 12.4. The van der Waals surface area contributed by atoms with Crippen LogP contribution in [0.25, 0.3) is 6.08 Å².